The molecule has 0 aliphatic rings. The van der Waals surface area contributed by atoms with Crippen LogP contribution in [0, 0.1) is 7.43 Å². The van der Waals surface area contributed by atoms with E-state index in [2.05, 4.69) is 4.98 Å². The SMILES string of the molecule is CC(=O)c1ccc[n-]1.[CH3-].[Ir].[NH2-].[NH2-].[NH2-]. The zero-order chi connectivity index (χ0) is 5.98. The number of hydrogen-bond acceptors (Lipinski definition) is 1. The molecule has 1 radical (unpaired) electrons. The van der Waals surface area contributed by atoms with Crippen molar-refractivity contribution < 1.29 is 24.9 Å². The maximum Gasteiger partial charge on any atom is 0.138 e. The number of rotatable bonds is 1. The second-order valence-electron chi connectivity index (χ2n) is 1.58. The van der Waals surface area contributed by atoms with Gasteiger partial charge in [-0.05, 0) is 6.92 Å². The molecule has 5 nitrogen and oxygen atoms in total. The first-order valence-electron chi connectivity index (χ1n) is 2.39. The van der Waals surface area contributed by atoms with E-state index in [-0.39, 0.29) is 51.8 Å². The Bertz CT molecular complexity index is 188. The van der Waals surface area contributed by atoms with Crippen molar-refractivity contribution in [2.75, 3.05) is 0 Å². The molecule has 0 aliphatic heterocycles. The molecule has 83 valence electrons. The van der Waals surface area contributed by atoms with Gasteiger partial charge in [0, 0.05) is 20.1 Å². The molecule has 1 heterocycles. The molecule has 0 fully saturated rings. The predicted octanol–water partition coefficient (Wildman–Crippen LogP) is 3.45. The predicted molar refractivity (Wildman–Crippen MR) is 52.0 cm³/mol. The molecule has 0 unspecified atom stereocenters. The molecule has 0 aliphatic carbocycles. The second kappa shape index (κ2) is 14.0. The fourth-order valence-corrected chi connectivity index (χ4v) is 0.509. The van der Waals surface area contributed by atoms with E-state index in [1.165, 1.54) is 6.92 Å². The van der Waals surface area contributed by atoms with Crippen LogP contribution in [0.3, 0.4) is 0 Å². The Balaban J connectivity index is -0.0000000427. The van der Waals surface area contributed by atoms with Gasteiger partial charge in [0.1, 0.15) is 5.78 Å². The molecule has 0 amide bonds. The Labute approximate surface area is 92.8 Å². The maximum atomic E-state index is 10.4. The molecule has 0 saturated carbocycles. The fraction of sp³-hybridized carbons (Fsp3) is 0.143. The van der Waals surface area contributed by atoms with Crippen LogP contribution in [0.4, 0.5) is 0 Å². The van der Waals surface area contributed by atoms with Gasteiger partial charge < -0.3 is 30.9 Å². The summed E-state index contributed by atoms with van der Waals surface area (Å²) in [6.45, 7) is 1.50. The number of nitrogens with two attached hydrogens (primary N) is 3. The first kappa shape index (κ1) is 29.4. The van der Waals surface area contributed by atoms with Crippen molar-refractivity contribution in [1.82, 2.24) is 4.98 Å². The summed E-state index contributed by atoms with van der Waals surface area (Å²) in [6.07, 6.45) is 1.61. The van der Waals surface area contributed by atoms with Gasteiger partial charge >= 0.3 is 0 Å². The second-order valence-corrected chi connectivity index (χ2v) is 1.58. The summed E-state index contributed by atoms with van der Waals surface area (Å²) in [7, 11) is 0. The molecule has 0 spiro atoms. The molecule has 6 N–H and O–H groups in total. The monoisotopic (exact) mass is 364 g/mol. The zero-order valence-electron chi connectivity index (χ0n) is 7.65. The third-order valence-electron chi connectivity index (χ3n) is 0.914. The van der Waals surface area contributed by atoms with Gasteiger partial charge in [-0.1, -0.05) is 17.8 Å². The van der Waals surface area contributed by atoms with Crippen LogP contribution < -0.4 is 4.98 Å². The summed E-state index contributed by atoms with van der Waals surface area (Å²) in [6, 6.07) is 3.44. The molecule has 1 aromatic rings. The van der Waals surface area contributed by atoms with Gasteiger partial charge in [0.2, 0.25) is 0 Å². The maximum absolute atomic E-state index is 10.4. The number of aromatic nitrogens is 1. The summed E-state index contributed by atoms with van der Waals surface area (Å²) in [5.41, 5.74) is 0.546. The van der Waals surface area contributed by atoms with Crippen molar-refractivity contribution in [3.8, 4) is 0 Å². The van der Waals surface area contributed by atoms with Gasteiger partial charge in [-0.15, -0.1) is 0 Å². The van der Waals surface area contributed by atoms with E-state index in [9.17, 15) is 4.79 Å². The van der Waals surface area contributed by atoms with Crippen LogP contribution in [-0.2, 0) is 20.1 Å². The summed E-state index contributed by atoms with van der Waals surface area (Å²) in [4.78, 5) is 14.2. The smallest absolute Gasteiger partial charge is 0.138 e. The van der Waals surface area contributed by atoms with Gasteiger partial charge in [-0.2, -0.15) is 6.20 Å². The molecule has 1 aromatic heterocycles. The molecular formula is C7H15IrN4O-5. The van der Waals surface area contributed by atoms with Gasteiger partial charge in [-0.25, -0.2) is 0 Å². The average molecular weight is 363 g/mol. The van der Waals surface area contributed by atoms with Crippen molar-refractivity contribution in [2.24, 2.45) is 0 Å². The molecule has 0 bridgehead atoms. The van der Waals surface area contributed by atoms with Crippen LogP contribution in [0.5, 0.6) is 0 Å². The summed E-state index contributed by atoms with van der Waals surface area (Å²) >= 11 is 0. The summed E-state index contributed by atoms with van der Waals surface area (Å²) in [5.74, 6) is 0.0231. The number of Topliss-reactive ketones (excluding diaryl/α,β-unsaturated/α-hetero) is 1. The van der Waals surface area contributed by atoms with Gasteiger partial charge in [0.25, 0.3) is 0 Å². The third-order valence-corrected chi connectivity index (χ3v) is 0.914. The van der Waals surface area contributed by atoms with Gasteiger partial charge in [0.15, 0.2) is 0 Å². The van der Waals surface area contributed by atoms with E-state index in [0.29, 0.717) is 5.69 Å². The molecule has 0 saturated heterocycles. The number of nitrogens with zero attached hydrogens (tertiary/aromatic N) is 1. The number of hydrogen-bond donors (Lipinski definition) is 0. The summed E-state index contributed by atoms with van der Waals surface area (Å²) < 4.78 is 0. The summed E-state index contributed by atoms with van der Waals surface area (Å²) in [5, 5.41) is 0. The number of ketones is 1. The van der Waals surface area contributed by atoms with E-state index in [1.807, 2.05) is 0 Å². The van der Waals surface area contributed by atoms with Crippen LogP contribution in [0.15, 0.2) is 18.3 Å². The van der Waals surface area contributed by atoms with E-state index in [1.54, 1.807) is 18.3 Å². The molecule has 0 atom stereocenters. The molecule has 1 rings (SSSR count). The molecule has 13 heavy (non-hydrogen) atoms. The van der Waals surface area contributed by atoms with Crippen molar-refractivity contribution >= 4 is 5.78 Å². The molecule has 6 heteroatoms. The Morgan fingerprint density at radius 3 is 1.92 bits per heavy atom. The molecular weight excluding hydrogens is 348 g/mol. The van der Waals surface area contributed by atoms with Crippen LogP contribution in [-0.4, -0.2) is 5.78 Å². The fourth-order valence-electron chi connectivity index (χ4n) is 0.509. The van der Waals surface area contributed by atoms with E-state index in [0.717, 1.165) is 0 Å². The van der Waals surface area contributed by atoms with Crippen LogP contribution in [0.2, 0.25) is 0 Å². The quantitative estimate of drug-likeness (QED) is 0.558. The topological polar surface area (TPSA) is 132 Å². The number of carbonyl (C=O) groups excluding carboxylic acids is 1. The van der Waals surface area contributed by atoms with Crippen LogP contribution in [0.1, 0.15) is 17.4 Å². The Kier molecular flexibility index (Phi) is 31.7. The average Bonchev–Trinajstić information content (AvgIpc) is 2.12. The Morgan fingerprint density at radius 2 is 1.77 bits per heavy atom. The first-order valence-corrected chi connectivity index (χ1v) is 2.39. The standard InChI is InChI=1S/C6H7NO.CH3.Ir.3H2N/c1-5(8)6-3-2-4-7-6;;;;;/h2-4H,1H3,(H,7,8);1H3;;3*1H2/q;-1;;3*-1/p-1. The van der Waals surface area contributed by atoms with Gasteiger partial charge in [0.05, 0.1) is 0 Å². The van der Waals surface area contributed by atoms with Crippen LogP contribution in [0.25, 0.3) is 18.5 Å². The first-order chi connectivity index (χ1) is 3.80. The van der Waals surface area contributed by atoms with Crippen molar-refractivity contribution in [3.05, 3.63) is 49.9 Å². The van der Waals surface area contributed by atoms with Crippen LogP contribution >= 0.6 is 0 Å². The zero-order valence-corrected chi connectivity index (χ0v) is 10.0. The number of carbonyl (C=O) groups is 1. The van der Waals surface area contributed by atoms with Crippen molar-refractivity contribution in [2.45, 2.75) is 6.92 Å². The third kappa shape index (κ3) is 9.39. The van der Waals surface area contributed by atoms with E-state index < -0.39 is 0 Å². The minimum Gasteiger partial charge on any atom is -0.693 e. The van der Waals surface area contributed by atoms with E-state index >= 15 is 0 Å². The van der Waals surface area contributed by atoms with Crippen molar-refractivity contribution in [1.29, 1.82) is 0 Å². The van der Waals surface area contributed by atoms with E-state index in [4.69, 9.17) is 0 Å². The molecule has 0 aromatic carbocycles. The van der Waals surface area contributed by atoms with Crippen molar-refractivity contribution in [3.63, 3.8) is 0 Å². The minimum atomic E-state index is 0. The minimum absolute atomic E-state index is 0. The Hall–Kier alpha value is -0.521. The normalized spacial score (nSPS) is 5.62. The van der Waals surface area contributed by atoms with Gasteiger partial charge in [-0.3, -0.25) is 4.79 Å². The Morgan fingerprint density at radius 1 is 1.31 bits per heavy atom. The largest absolute Gasteiger partial charge is 0.693 e.